The standard InChI is InChI=1S/C17H14Cl2N2O4S2/c1-2-27(23,24)13-3-4-15-14(8-13)21-17(25-15)26-9-16(22)20-12-6-10(18)5-11(19)7-12/h3-8H,2,9H2,1H3,(H,20,22). The Bertz CT molecular complexity index is 1090. The third-order valence-electron chi connectivity index (χ3n) is 3.55. The van der Waals surface area contributed by atoms with E-state index in [0.29, 0.717) is 26.8 Å². The molecule has 0 saturated carbocycles. The number of sulfone groups is 1. The van der Waals surface area contributed by atoms with Crippen molar-refractivity contribution in [2.24, 2.45) is 0 Å². The zero-order chi connectivity index (χ0) is 19.6. The normalized spacial score (nSPS) is 11.7. The second-order valence-electron chi connectivity index (χ2n) is 5.51. The molecule has 1 amide bonds. The van der Waals surface area contributed by atoms with E-state index in [0.717, 1.165) is 11.8 Å². The second kappa shape index (κ2) is 8.10. The SMILES string of the molecule is CCS(=O)(=O)c1ccc2oc(SCC(=O)Nc3cc(Cl)cc(Cl)c3)nc2c1. The Hall–Kier alpha value is -1.74. The van der Waals surface area contributed by atoms with E-state index in [4.69, 9.17) is 27.6 Å². The van der Waals surface area contributed by atoms with Crippen LogP contribution in [0.25, 0.3) is 11.1 Å². The van der Waals surface area contributed by atoms with E-state index in [1.165, 1.54) is 12.1 Å². The number of fused-ring (bicyclic) bond motifs is 1. The molecule has 0 bridgehead atoms. The van der Waals surface area contributed by atoms with Gasteiger partial charge in [0.05, 0.1) is 16.4 Å². The summed E-state index contributed by atoms with van der Waals surface area (Å²) in [5.41, 5.74) is 1.37. The quantitative estimate of drug-likeness (QED) is 0.556. The molecule has 0 aliphatic heterocycles. The van der Waals surface area contributed by atoms with E-state index in [9.17, 15) is 13.2 Å². The maximum Gasteiger partial charge on any atom is 0.257 e. The number of oxazole rings is 1. The predicted molar refractivity (Wildman–Crippen MR) is 108 cm³/mol. The van der Waals surface area contributed by atoms with Crippen LogP contribution in [0.1, 0.15) is 6.92 Å². The van der Waals surface area contributed by atoms with Crippen molar-refractivity contribution in [1.82, 2.24) is 4.98 Å². The number of hydrogen-bond donors (Lipinski definition) is 1. The predicted octanol–water partition coefficient (Wildman–Crippen LogP) is 4.66. The number of thioether (sulfide) groups is 1. The van der Waals surface area contributed by atoms with Crippen molar-refractivity contribution in [2.75, 3.05) is 16.8 Å². The summed E-state index contributed by atoms with van der Waals surface area (Å²) in [6, 6.07) is 9.25. The number of nitrogens with zero attached hydrogens (tertiary/aromatic N) is 1. The highest BCUT2D eigenvalue weighted by Crippen LogP contribution is 2.27. The van der Waals surface area contributed by atoms with Crippen LogP contribution in [0.4, 0.5) is 5.69 Å². The lowest BCUT2D eigenvalue weighted by molar-refractivity contribution is -0.113. The van der Waals surface area contributed by atoms with Crippen LogP contribution >= 0.6 is 35.0 Å². The minimum atomic E-state index is -3.32. The van der Waals surface area contributed by atoms with Gasteiger partial charge in [-0.2, -0.15) is 0 Å². The first kappa shape index (κ1) is 20.0. The van der Waals surface area contributed by atoms with Gasteiger partial charge in [0.15, 0.2) is 15.4 Å². The number of carbonyl (C=O) groups is 1. The van der Waals surface area contributed by atoms with Crippen LogP contribution in [0.3, 0.4) is 0 Å². The van der Waals surface area contributed by atoms with Crippen LogP contribution in [0.5, 0.6) is 0 Å². The zero-order valence-electron chi connectivity index (χ0n) is 14.0. The van der Waals surface area contributed by atoms with Gasteiger partial charge < -0.3 is 9.73 Å². The average molecular weight is 445 g/mol. The van der Waals surface area contributed by atoms with Crippen molar-refractivity contribution in [3.63, 3.8) is 0 Å². The van der Waals surface area contributed by atoms with Crippen LogP contribution in [0, 0.1) is 0 Å². The first-order valence-electron chi connectivity index (χ1n) is 7.79. The number of halogens is 2. The van der Waals surface area contributed by atoms with Crippen LogP contribution in [0.2, 0.25) is 10.0 Å². The van der Waals surface area contributed by atoms with Gasteiger partial charge in [-0.15, -0.1) is 0 Å². The molecule has 0 atom stereocenters. The first-order valence-corrected chi connectivity index (χ1v) is 11.2. The molecular formula is C17H14Cl2N2O4S2. The number of benzene rings is 2. The number of nitrogens with one attached hydrogen (secondary N) is 1. The molecule has 6 nitrogen and oxygen atoms in total. The third kappa shape index (κ3) is 4.95. The fourth-order valence-electron chi connectivity index (χ4n) is 2.26. The van der Waals surface area contributed by atoms with E-state index in [1.807, 2.05) is 0 Å². The molecule has 0 radical (unpaired) electrons. The number of amides is 1. The van der Waals surface area contributed by atoms with Crippen molar-refractivity contribution >= 4 is 67.5 Å². The van der Waals surface area contributed by atoms with E-state index in [2.05, 4.69) is 10.3 Å². The molecule has 2 aromatic carbocycles. The smallest absolute Gasteiger partial charge is 0.257 e. The van der Waals surface area contributed by atoms with Crippen molar-refractivity contribution in [3.05, 3.63) is 46.4 Å². The molecule has 3 aromatic rings. The minimum absolute atomic E-state index is 0.00561. The summed E-state index contributed by atoms with van der Waals surface area (Å²) >= 11 is 12.9. The van der Waals surface area contributed by atoms with Gasteiger partial charge in [-0.1, -0.05) is 41.9 Å². The summed E-state index contributed by atoms with van der Waals surface area (Å²) in [5.74, 6) is -0.224. The summed E-state index contributed by atoms with van der Waals surface area (Å²) in [5, 5.41) is 3.80. The molecule has 3 rings (SSSR count). The summed E-state index contributed by atoms with van der Waals surface area (Å²) in [6.07, 6.45) is 0. The van der Waals surface area contributed by atoms with Crippen LogP contribution < -0.4 is 5.32 Å². The minimum Gasteiger partial charge on any atom is -0.431 e. The van der Waals surface area contributed by atoms with Gasteiger partial charge in [-0.25, -0.2) is 13.4 Å². The molecule has 1 N–H and O–H groups in total. The van der Waals surface area contributed by atoms with Gasteiger partial charge in [0.1, 0.15) is 5.52 Å². The zero-order valence-corrected chi connectivity index (χ0v) is 17.2. The molecule has 0 spiro atoms. The highest BCUT2D eigenvalue weighted by molar-refractivity contribution is 7.99. The van der Waals surface area contributed by atoms with E-state index < -0.39 is 9.84 Å². The monoisotopic (exact) mass is 444 g/mol. The van der Waals surface area contributed by atoms with Crippen molar-refractivity contribution in [2.45, 2.75) is 17.0 Å². The molecular weight excluding hydrogens is 431 g/mol. The van der Waals surface area contributed by atoms with Crippen molar-refractivity contribution in [1.29, 1.82) is 0 Å². The van der Waals surface area contributed by atoms with Gasteiger partial charge in [-0.3, -0.25) is 4.79 Å². The molecule has 27 heavy (non-hydrogen) atoms. The Morgan fingerprint density at radius 1 is 1.19 bits per heavy atom. The van der Waals surface area contributed by atoms with Crippen molar-refractivity contribution in [3.8, 4) is 0 Å². The van der Waals surface area contributed by atoms with E-state index in [-0.39, 0.29) is 27.5 Å². The fourth-order valence-corrected chi connectivity index (χ4v) is 4.32. The van der Waals surface area contributed by atoms with Gasteiger partial charge in [0.25, 0.3) is 5.22 Å². The van der Waals surface area contributed by atoms with Crippen molar-refractivity contribution < 1.29 is 17.6 Å². The topological polar surface area (TPSA) is 89.3 Å². The third-order valence-corrected chi connectivity index (χ3v) is 6.55. The van der Waals surface area contributed by atoms with Gasteiger partial charge in [-0.05, 0) is 36.4 Å². The Morgan fingerprint density at radius 3 is 2.56 bits per heavy atom. The van der Waals surface area contributed by atoms with Crippen LogP contribution in [-0.4, -0.2) is 30.8 Å². The van der Waals surface area contributed by atoms with Crippen LogP contribution in [0.15, 0.2) is 50.9 Å². The van der Waals surface area contributed by atoms with E-state index >= 15 is 0 Å². The Labute approximate surface area is 170 Å². The Morgan fingerprint density at radius 2 is 1.89 bits per heavy atom. The number of hydrogen-bond acceptors (Lipinski definition) is 6. The highest BCUT2D eigenvalue weighted by Gasteiger charge is 2.15. The number of carbonyl (C=O) groups excluding carboxylic acids is 1. The first-order chi connectivity index (χ1) is 12.8. The fraction of sp³-hybridized carbons (Fsp3) is 0.176. The molecule has 0 saturated heterocycles. The molecule has 10 heteroatoms. The summed E-state index contributed by atoms with van der Waals surface area (Å²) < 4.78 is 29.4. The maximum absolute atomic E-state index is 12.1. The Kier molecular flexibility index (Phi) is 6.00. The lowest BCUT2D eigenvalue weighted by atomic mass is 10.3. The van der Waals surface area contributed by atoms with Crippen LogP contribution in [-0.2, 0) is 14.6 Å². The lowest BCUT2D eigenvalue weighted by Crippen LogP contribution is -2.13. The number of anilines is 1. The molecule has 0 fully saturated rings. The molecule has 1 heterocycles. The molecule has 0 unspecified atom stereocenters. The molecule has 0 aliphatic rings. The lowest BCUT2D eigenvalue weighted by Gasteiger charge is -2.05. The molecule has 1 aromatic heterocycles. The summed E-state index contributed by atoms with van der Waals surface area (Å²) in [7, 11) is -3.32. The molecule has 0 aliphatic carbocycles. The average Bonchev–Trinajstić information content (AvgIpc) is 3.01. The summed E-state index contributed by atoms with van der Waals surface area (Å²) in [6.45, 7) is 1.58. The largest absolute Gasteiger partial charge is 0.431 e. The Balaban J connectivity index is 1.68. The van der Waals surface area contributed by atoms with E-state index in [1.54, 1.807) is 31.2 Å². The number of rotatable bonds is 6. The van der Waals surface area contributed by atoms with Gasteiger partial charge >= 0.3 is 0 Å². The number of aromatic nitrogens is 1. The molecule has 142 valence electrons. The summed E-state index contributed by atoms with van der Waals surface area (Å²) in [4.78, 5) is 16.5. The maximum atomic E-state index is 12.1. The van der Waals surface area contributed by atoms with Gasteiger partial charge in [0, 0.05) is 15.7 Å². The highest BCUT2D eigenvalue weighted by atomic mass is 35.5. The van der Waals surface area contributed by atoms with Gasteiger partial charge in [0.2, 0.25) is 5.91 Å². The second-order valence-corrected chi connectivity index (χ2v) is 9.59.